The molecule has 0 aliphatic heterocycles. The lowest BCUT2D eigenvalue weighted by atomic mass is 10.1. The molecule has 0 aromatic heterocycles. The fourth-order valence-corrected chi connectivity index (χ4v) is 1.58. The Bertz CT molecular complexity index is 521. The molecule has 1 N–H and O–H groups in total. The number of carbonyl (C=O) groups excluding carboxylic acids is 1. The molecule has 0 saturated heterocycles. The zero-order valence-electron chi connectivity index (χ0n) is 12.3. The smallest absolute Gasteiger partial charge is 0.416 e. The zero-order chi connectivity index (χ0) is 17.8. The van der Waals surface area contributed by atoms with Crippen molar-refractivity contribution in [1.29, 1.82) is 0 Å². The van der Waals surface area contributed by atoms with E-state index in [2.05, 4.69) is 5.32 Å². The van der Waals surface area contributed by atoms with E-state index in [1.807, 2.05) is 0 Å². The summed E-state index contributed by atoms with van der Waals surface area (Å²) in [7, 11) is 0. The Morgan fingerprint density at radius 2 is 1.57 bits per heavy atom. The van der Waals surface area contributed by atoms with Gasteiger partial charge in [0.25, 0.3) is 5.91 Å². The maximum atomic E-state index is 12.7. The van der Waals surface area contributed by atoms with Crippen molar-refractivity contribution in [2.45, 2.75) is 38.7 Å². The Kier molecular flexibility index (Phi) is 5.90. The van der Waals surface area contributed by atoms with Crippen LogP contribution in [0.15, 0.2) is 18.2 Å². The lowest BCUT2D eigenvalue weighted by Crippen LogP contribution is -2.35. The first kappa shape index (κ1) is 19.1. The van der Waals surface area contributed by atoms with Crippen LogP contribution in [0.1, 0.15) is 31.4 Å². The first-order valence-corrected chi connectivity index (χ1v) is 6.65. The fraction of sp³-hybridized carbons (Fsp3) is 0.500. The average molecular weight is 343 g/mol. The van der Waals surface area contributed by atoms with Crippen molar-refractivity contribution in [2.75, 3.05) is 6.61 Å². The van der Waals surface area contributed by atoms with Crippen LogP contribution in [0.4, 0.5) is 26.3 Å². The van der Waals surface area contributed by atoms with Gasteiger partial charge in [0.2, 0.25) is 0 Å². The van der Waals surface area contributed by atoms with Crippen LogP contribution in [0, 0.1) is 0 Å². The summed E-state index contributed by atoms with van der Waals surface area (Å²) in [5, 5.41) is 2.48. The average Bonchev–Trinajstić information content (AvgIpc) is 2.42. The van der Waals surface area contributed by atoms with Crippen molar-refractivity contribution >= 4 is 5.91 Å². The van der Waals surface area contributed by atoms with Gasteiger partial charge in [0, 0.05) is 6.04 Å². The van der Waals surface area contributed by atoms with Crippen molar-refractivity contribution < 1.29 is 35.9 Å². The molecule has 0 saturated carbocycles. The number of halogens is 6. The number of hydrogen-bond donors (Lipinski definition) is 1. The fourth-order valence-electron chi connectivity index (χ4n) is 1.58. The molecule has 1 amide bonds. The Morgan fingerprint density at radius 3 is 1.96 bits per heavy atom. The van der Waals surface area contributed by atoms with Gasteiger partial charge < -0.3 is 10.1 Å². The van der Waals surface area contributed by atoms with E-state index in [4.69, 9.17) is 4.74 Å². The molecule has 0 heterocycles. The van der Waals surface area contributed by atoms with E-state index in [0.29, 0.717) is 18.6 Å². The van der Waals surface area contributed by atoms with E-state index >= 15 is 0 Å². The number of ether oxygens (including phenoxy) is 1. The van der Waals surface area contributed by atoms with Gasteiger partial charge in [-0.15, -0.1) is 0 Å². The maximum absolute atomic E-state index is 12.7. The van der Waals surface area contributed by atoms with Crippen LogP contribution in [0.5, 0.6) is 5.75 Å². The Morgan fingerprint density at radius 1 is 1.09 bits per heavy atom. The topological polar surface area (TPSA) is 38.3 Å². The van der Waals surface area contributed by atoms with E-state index in [-0.39, 0.29) is 12.1 Å². The van der Waals surface area contributed by atoms with E-state index < -0.39 is 41.7 Å². The van der Waals surface area contributed by atoms with Crippen molar-refractivity contribution in [3.8, 4) is 5.75 Å². The quantitative estimate of drug-likeness (QED) is 0.820. The number of carbonyl (C=O) groups is 1. The molecule has 0 radical (unpaired) electrons. The maximum Gasteiger partial charge on any atom is 0.416 e. The number of amides is 1. The number of nitrogens with one attached hydrogen (secondary N) is 1. The molecule has 1 unspecified atom stereocenters. The minimum absolute atomic E-state index is 0.00785. The molecule has 1 rings (SSSR count). The largest absolute Gasteiger partial charge is 0.484 e. The third-order valence-electron chi connectivity index (χ3n) is 2.95. The predicted molar refractivity (Wildman–Crippen MR) is 69.8 cm³/mol. The summed E-state index contributed by atoms with van der Waals surface area (Å²) in [5.74, 6) is -1.31. The van der Waals surface area contributed by atoms with E-state index in [1.165, 1.54) is 0 Å². The lowest BCUT2D eigenvalue weighted by molar-refractivity contribution is -0.143. The van der Waals surface area contributed by atoms with Gasteiger partial charge >= 0.3 is 12.4 Å². The molecule has 0 bridgehead atoms. The van der Waals surface area contributed by atoms with Gasteiger partial charge in [-0.25, -0.2) is 0 Å². The van der Waals surface area contributed by atoms with E-state index in [1.54, 1.807) is 13.8 Å². The Balaban J connectivity index is 2.96. The molecule has 3 nitrogen and oxygen atoms in total. The number of rotatable bonds is 5. The van der Waals surface area contributed by atoms with Crippen molar-refractivity contribution in [3.63, 3.8) is 0 Å². The number of alkyl halides is 6. The molecular weight excluding hydrogens is 328 g/mol. The lowest BCUT2D eigenvalue weighted by Gasteiger charge is -2.15. The summed E-state index contributed by atoms with van der Waals surface area (Å²) in [6.45, 7) is 2.82. The van der Waals surface area contributed by atoms with Crippen LogP contribution in [0.2, 0.25) is 0 Å². The monoisotopic (exact) mass is 343 g/mol. The summed E-state index contributed by atoms with van der Waals surface area (Å²) in [5.41, 5.74) is -2.99. The molecule has 130 valence electrons. The molecule has 0 fully saturated rings. The third kappa shape index (κ3) is 5.99. The van der Waals surface area contributed by atoms with Crippen LogP contribution in [-0.4, -0.2) is 18.6 Å². The minimum Gasteiger partial charge on any atom is -0.484 e. The van der Waals surface area contributed by atoms with Crippen molar-refractivity contribution in [3.05, 3.63) is 29.3 Å². The molecule has 0 aliphatic carbocycles. The van der Waals surface area contributed by atoms with Gasteiger partial charge in [-0.1, -0.05) is 6.92 Å². The van der Waals surface area contributed by atoms with Gasteiger partial charge in [0.15, 0.2) is 6.61 Å². The highest BCUT2D eigenvalue weighted by molar-refractivity contribution is 5.77. The molecular formula is C14H15F6NO2. The number of hydrogen-bond acceptors (Lipinski definition) is 2. The summed E-state index contributed by atoms with van der Waals surface area (Å²) in [6, 6.07) is 0.655. The highest BCUT2D eigenvalue weighted by Gasteiger charge is 2.37. The molecule has 1 atom stereocenters. The van der Waals surface area contributed by atoms with Crippen LogP contribution in [0.3, 0.4) is 0 Å². The molecule has 0 aliphatic rings. The molecule has 1 aromatic carbocycles. The summed E-state index contributed by atoms with van der Waals surface area (Å²) in [6.07, 6.45) is -9.30. The highest BCUT2D eigenvalue weighted by atomic mass is 19.4. The van der Waals surface area contributed by atoms with Crippen LogP contribution >= 0.6 is 0 Å². The van der Waals surface area contributed by atoms with Crippen molar-refractivity contribution in [2.24, 2.45) is 0 Å². The van der Waals surface area contributed by atoms with Gasteiger partial charge in [0.05, 0.1) is 11.1 Å². The summed E-state index contributed by atoms with van der Waals surface area (Å²) < 4.78 is 80.7. The SMILES string of the molecule is CCC(C)NC(=O)COc1cc(C(F)(F)F)cc(C(F)(F)F)c1. The first-order valence-electron chi connectivity index (χ1n) is 6.65. The molecule has 9 heteroatoms. The third-order valence-corrected chi connectivity index (χ3v) is 2.95. The second kappa shape index (κ2) is 7.10. The highest BCUT2D eigenvalue weighted by Crippen LogP contribution is 2.38. The summed E-state index contributed by atoms with van der Waals surface area (Å²) in [4.78, 5) is 11.5. The minimum atomic E-state index is -4.96. The van der Waals surface area contributed by atoms with Crippen molar-refractivity contribution in [1.82, 2.24) is 5.32 Å². The van der Waals surface area contributed by atoms with Gasteiger partial charge in [0.1, 0.15) is 5.75 Å². The zero-order valence-corrected chi connectivity index (χ0v) is 12.3. The van der Waals surface area contributed by atoms with E-state index in [9.17, 15) is 31.1 Å². The summed E-state index contributed by atoms with van der Waals surface area (Å²) >= 11 is 0. The second-order valence-corrected chi connectivity index (χ2v) is 4.91. The molecule has 1 aromatic rings. The van der Waals surface area contributed by atoms with E-state index in [0.717, 1.165) is 0 Å². The van der Waals surface area contributed by atoms with Gasteiger partial charge in [-0.05, 0) is 31.5 Å². The normalized spacial score (nSPS) is 13.6. The predicted octanol–water partition coefficient (Wildman–Crippen LogP) is 4.02. The molecule has 0 spiro atoms. The number of benzene rings is 1. The standard InChI is InChI=1S/C14H15F6NO2/c1-3-8(2)21-12(22)7-23-11-5-9(13(15,16)17)4-10(6-11)14(18,19)20/h4-6,8H,3,7H2,1-2H3,(H,21,22). The van der Waals surface area contributed by atoms with Gasteiger partial charge in [-0.2, -0.15) is 26.3 Å². The van der Waals surface area contributed by atoms with Crippen LogP contribution in [0.25, 0.3) is 0 Å². The van der Waals surface area contributed by atoms with Crippen LogP contribution < -0.4 is 10.1 Å². The second-order valence-electron chi connectivity index (χ2n) is 4.91. The first-order chi connectivity index (χ1) is 10.4. The van der Waals surface area contributed by atoms with Gasteiger partial charge in [-0.3, -0.25) is 4.79 Å². The Hall–Kier alpha value is -1.93. The molecule has 23 heavy (non-hydrogen) atoms. The van der Waals surface area contributed by atoms with Crippen LogP contribution in [-0.2, 0) is 17.1 Å². The Labute approximate surface area is 128 Å².